The number of nitrogens with zero attached hydrogens (tertiary/aromatic N) is 4. The number of furan rings is 1. The Morgan fingerprint density at radius 1 is 0.974 bits per heavy atom. The van der Waals surface area contributed by atoms with Gasteiger partial charge in [0.15, 0.2) is 5.76 Å². The number of rotatable bonds is 5. The van der Waals surface area contributed by atoms with E-state index in [4.69, 9.17) is 14.3 Å². The van der Waals surface area contributed by atoms with Gasteiger partial charge in [-0.05, 0) is 74.7 Å². The maximum Gasteiger partial charge on any atom is 0.410 e. The van der Waals surface area contributed by atoms with Gasteiger partial charge in [-0.1, -0.05) is 24.3 Å². The van der Waals surface area contributed by atoms with Crippen molar-refractivity contribution in [3.8, 4) is 28.3 Å². The van der Waals surface area contributed by atoms with Crippen LogP contribution in [0.15, 0.2) is 71.5 Å². The van der Waals surface area contributed by atoms with Crippen LogP contribution in [-0.2, 0) is 11.3 Å². The van der Waals surface area contributed by atoms with Gasteiger partial charge in [0.1, 0.15) is 17.1 Å². The number of piperazine rings is 1. The molecule has 1 saturated heterocycles. The Labute approximate surface area is 222 Å². The van der Waals surface area contributed by atoms with Gasteiger partial charge in [-0.2, -0.15) is 5.10 Å². The molecule has 0 spiro atoms. The van der Waals surface area contributed by atoms with Gasteiger partial charge in [0, 0.05) is 38.3 Å². The van der Waals surface area contributed by atoms with Crippen molar-refractivity contribution < 1.29 is 18.3 Å². The summed E-state index contributed by atoms with van der Waals surface area (Å²) in [4.78, 5) is 16.5. The van der Waals surface area contributed by atoms with E-state index in [1.54, 1.807) is 23.3 Å². The van der Waals surface area contributed by atoms with Crippen molar-refractivity contribution >= 4 is 6.09 Å². The topological polar surface area (TPSA) is 63.7 Å². The largest absolute Gasteiger partial charge is 0.462 e. The Hall–Kier alpha value is -3.91. The SMILES string of the molecule is Cc1ccoc1-c1c(CN2CCN(C(=O)OC(C)(C)C)CC2)cnn1-c1ccc(-c2ccc(F)cc2)cc1. The molecule has 2 aromatic heterocycles. The molecule has 0 N–H and O–H groups in total. The second kappa shape index (κ2) is 10.5. The van der Waals surface area contributed by atoms with Gasteiger partial charge in [0.05, 0.1) is 18.1 Å². The number of amides is 1. The molecule has 0 bridgehead atoms. The highest BCUT2D eigenvalue weighted by molar-refractivity contribution is 5.69. The van der Waals surface area contributed by atoms with Crippen LogP contribution in [0.5, 0.6) is 0 Å². The number of halogens is 1. The summed E-state index contributed by atoms with van der Waals surface area (Å²) in [6.45, 7) is 11.1. The molecule has 1 aliphatic heterocycles. The summed E-state index contributed by atoms with van der Waals surface area (Å²) in [5.41, 5.74) is 5.35. The minimum Gasteiger partial charge on any atom is -0.462 e. The second-order valence-corrected chi connectivity index (χ2v) is 10.7. The second-order valence-electron chi connectivity index (χ2n) is 10.7. The highest BCUT2D eigenvalue weighted by atomic mass is 19.1. The lowest BCUT2D eigenvalue weighted by molar-refractivity contribution is 0.0139. The predicted octanol–water partition coefficient (Wildman–Crippen LogP) is 6.30. The number of hydrogen-bond acceptors (Lipinski definition) is 5. The van der Waals surface area contributed by atoms with Crippen molar-refractivity contribution in [3.63, 3.8) is 0 Å². The zero-order valence-corrected chi connectivity index (χ0v) is 22.3. The third-order valence-corrected chi connectivity index (χ3v) is 6.63. The third kappa shape index (κ3) is 5.65. The van der Waals surface area contributed by atoms with Crippen LogP contribution < -0.4 is 0 Å². The molecule has 0 radical (unpaired) electrons. The number of carbonyl (C=O) groups excluding carboxylic acids is 1. The van der Waals surface area contributed by atoms with E-state index in [1.807, 2.05) is 68.9 Å². The minimum absolute atomic E-state index is 0.251. The number of benzene rings is 2. The van der Waals surface area contributed by atoms with Crippen molar-refractivity contribution in [2.24, 2.45) is 0 Å². The molecule has 5 rings (SSSR count). The summed E-state index contributed by atoms with van der Waals surface area (Å²) in [6, 6.07) is 16.5. The molecule has 0 atom stereocenters. The van der Waals surface area contributed by atoms with Gasteiger partial charge in [0.25, 0.3) is 0 Å². The van der Waals surface area contributed by atoms with Crippen LogP contribution in [0.1, 0.15) is 31.9 Å². The van der Waals surface area contributed by atoms with Crippen LogP contribution in [-0.4, -0.2) is 57.5 Å². The van der Waals surface area contributed by atoms with Crippen molar-refractivity contribution in [3.05, 3.63) is 84.0 Å². The summed E-state index contributed by atoms with van der Waals surface area (Å²) in [6.07, 6.45) is 3.33. The van der Waals surface area contributed by atoms with Gasteiger partial charge in [-0.15, -0.1) is 0 Å². The van der Waals surface area contributed by atoms with Gasteiger partial charge < -0.3 is 14.1 Å². The van der Waals surface area contributed by atoms with Crippen LogP contribution in [0.2, 0.25) is 0 Å². The molecule has 0 unspecified atom stereocenters. The molecule has 198 valence electrons. The van der Waals surface area contributed by atoms with E-state index in [9.17, 15) is 9.18 Å². The van der Waals surface area contributed by atoms with E-state index in [2.05, 4.69) is 4.90 Å². The van der Waals surface area contributed by atoms with Gasteiger partial charge in [-0.25, -0.2) is 13.9 Å². The monoisotopic (exact) mass is 516 g/mol. The lowest BCUT2D eigenvalue weighted by atomic mass is 10.1. The summed E-state index contributed by atoms with van der Waals surface area (Å²) >= 11 is 0. The normalized spacial score (nSPS) is 14.6. The van der Waals surface area contributed by atoms with Crippen molar-refractivity contribution in [1.82, 2.24) is 19.6 Å². The van der Waals surface area contributed by atoms with E-state index in [0.29, 0.717) is 19.6 Å². The molecule has 7 nitrogen and oxygen atoms in total. The van der Waals surface area contributed by atoms with Crippen molar-refractivity contribution in [1.29, 1.82) is 0 Å². The molecule has 0 saturated carbocycles. The zero-order chi connectivity index (χ0) is 26.9. The maximum absolute atomic E-state index is 13.3. The van der Waals surface area contributed by atoms with Gasteiger partial charge >= 0.3 is 6.09 Å². The molecule has 8 heteroatoms. The minimum atomic E-state index is -0.504. The number of carbonyl (C=O) groups is 1. The van der Waals surface area contributed by atoms with Crippen LogP contribution in [0.25, 0.3) is 28.3 Å². The molecule has 1 amide bonds. The molecule has 1 fully saturated rings. The average molecular weight is 517 g/mol. The van der Waals surface area contributed by atoms with Crippen LogP contribution >= 0.6 is 0 Å². The number of aryl methyl sites for hydroxylation is 1. The molecule has 2 aromatic carbocycles. The fraction of sp³-hybridized carbons (Fsp3) is 0.333. The first-order chi connectivity index (χ1) is 18.2. The number of ether oxygens (including phenoxy) is 1. The molecule has 0 aliphatic carbocycles. The Kier molecular flexibility index (Phi) is 7.08. The van der Waals surface area contributed by atoms with E-state index >= 15 is 0 Å². The Morgan fingerprint density at radius 3 is 2.18 bits per heavy atom. The molecular formula is C30H33FN4O3. The van der Waals surface area contributed by atoms with Crippen LogP contribution in [0.4, 0.5) is 9.18 Å². The quantitative estimate of drug-likeness (QED) is 0.312. The predicted molar refractivity (Wildman–Crippen MR) is 144 cm³/mol. The fourth-order valence-corrected chi connectivity index (χ4v) is 4.64. The first-order valence-corrected chi connectivity index (χ1v) is 12.9. The summed E-state index contributed by atoms with van der Waals surface area (Å²) in [5.74, 6) is 0.534. The molecule has 4 aromatic rings. The maximum atomic E-state index is 13.3. The molecule has 38 heavy (non-hydrogen) atoms. The van der Waals surface area contributed by atoms with Crippen molar-refractivity contribution in [2.75, 3.05) is 26.2 Å². The molecule has 1 aliphatic rings. The standard InChI is InChI=1S/C30H33FN4O3/c1-21-13-18-37-28(21)27-24(20-33-14-16-34(17-15-33)29(36)38-30(2,3)4)19-32-35(27)26-11-7-23(8-12-26)22-5-9-25(31)10-6-22/h5-13,18-19H,14-17,20H2,1-4H3. The fourth-order valence-electron chi connectivity index (χ4n) is 4.64. The van der Waals surface area contributed by atoms with E-state index < -0.39 is 5.60 Å². The number of aromatic nitrogens is 2. The summed E-state index contributed by atoms with van der Waals surface area (Å²) in [7, 11) is 0. The number of hydrogen-bond donors (Lipinski definition) is 0. The Balaban J connectivity index is 1.36. The molecular weight excluding hydrogens is 483 g/mol. The molecule has 3 heterocycles. The lowest BCUT2D eigenvalue weighted by Crippen LogP contribution is -2.49. The van der Waals surface area contributed by atoms with Crippen LogP contribution in [0, 0.1) is 12.7 Å². The highest BCUT2D eigenvalue weighted by Gasteiger charge is 2.27. The smallest absolute Gasteiger partial charge is 0.410 e. The van der Waals surface area contributed by atoms with Crippen LogP contribution in [0.3, 0.4) is 0 Å². The summed E-state index contributed by atoms with van der Waals surface area (Å²) in [5, 5.41) is 4.74. The third-order valence-electron chi connectivity index (χ3n) is 6.63. The highest BCUT2D eigenvalue weighted by Crippen LogP contribution is 2.32. The Bertz CT molecular complexity index is 1390. The van der Waals surface area contributed by atoms with E-state index in [0.717, 1.165) is 52.5 Å². The van der Waals surface area contributed by atoms with E-state index in [1.165, 1.54) is 12.1 Å². The van der Waals surface area contributed by atoms with Gasteiger partial charge in [0.2, 0.25) is 0 Å². The lowest BCUT2D eigenvalue weighted by Gasteiger charge is -2.35. The Morgan fingerprint density at radius 2 is 1.61 bits per heavy atom. The average Bonchev–Trinajstić information content (AvgIpc) is 3.49. The van der Waals surface area contributed by atoms with E-state index in [-0.39, 0.29) is 11.9 Å². The van der Waals surface area contributed by atoms with Gasteiger partial charge in [-0.3, -0.25) is 4.90 Å². The first kappa shape index (κ1) is 25.7. The summed E-state index contributed by atoms with van der Waals surface area (Å²) < 4.78 is 26.7. The zero-order valence-electron chi connectivity index (χ0n) is 22.3. The van der Waals surface area contributed by atoms with Crippen molar-refractivity contribution in [2.45, 2.75) is 39.8 Å². The first-order valence-electron chi connectivity index (χ1n) is 12.9.